The van der Waals surface area contributed by atoms with E-state index in [2.05, 4.69) is 0 Å². The summed E-state index contributed by atoms with van der Waals surface area (Å²) in [6.45, 7) is 3.72. The van der Waals surface area contributed by atoms with Gasteiger partial charge >= 0.3 is 0 Å². The number of halogens is 1. The largest absolute Gasteiger partial charge is 0.341 e. The fourth-order valence-corrected chi connectivity index (χ4v) is 1.72. The first kappa shape index (κ1) is 13.6. The molecule has 0 fully saturated rings. The van der Waals surface area contributed by atoms with Crippen molar-refractivity contribution in [2.24, 2.45) is 5.73 Å². The van der Waals surface area contributed by atoms with E-state index in [-0.39, 0.29) is 18.1 Å². The van der Waals surface area contributed by atoms with Crippen molar-refractivity contribution in [2.45, 2.75) is 19.8 Å². The molecule has 0 aliphatic rings. The maximum atomic E-state index is 13.0. The molecule has 0 aromatic heterocycles. The second kappa shape index (κ2) is 7.01. The Hall–Kier alpha value is -1.42. The topological polar surface area (TPSA) is 46.3 Å². The summed E-state index contributed by atoms with van der Waals surface area (Å²) in [5.74, 6) is -0.306. The van der Waals surface area contributed by atoms with E-state index in [1.165, 1.54) is 12.1 Å². The highest BCUT2D eigenvalue weighted by Crippen LogP contribution is 2.06. The van der Waals surface area contributed by atoms with Gasteiger partial charge in [0.25, 0.3) is 0 Å². The van der Waals surface area contributed by atoms with Crippen LogP contribution in [0.4, 0.5) is 4.39 Å². The summed E-state index contributed by atoms with van der Waals surface area (Å²) in [7, 11) is 0. The molecule has 94 valence electrons. The van der Waals surface area contributed by atoms with Crippen molar-refractivity contribution in [3.05, 3.63) is 35.6 Å². The highest BCUT2D eigenvalue weighted by Gasteiger charge is 2.12. The van der Waals surface area contributed by atoms with Crippen molar-refractivity contribution >= 4 is 5.91 Å². The van der Waals surface area contributed by atoms with Gasteiger partial charge in [-0.15, -0.1) is 0 Å². The monoisotopic (exact) mass is 238 g/mol. The Balaban J connectivity index is 2.62. The van der Waals surface area contributed by atoms with Gasteiger partial charge in [0.2, 0.25) is 5.91 Å². The first-order chi connectivity index (χ1) is 8.17. The minimum atomic E-state index is -0.309. The van der Waals surface area contributed by atoms with E-state index in [0.717, 1.165) is 6.42 Å². The van der Waals surface area contributed by atoms with Gasteiger partial charge in [0.1, 0.15) is 5.82 Å². The van der Waals surface area contributed by atoms with Gasteiger partial charge in [0.05, 0.1) is 6.42 Å². The molecule has 0 atom stereocenters. The normalized spacial score (nSPS) is 10.3. The van der Waals surface area contributed by atoms with Crippen molar-refractivity contribution in [2.75, 3.05) is 19.6 Å². The third kappa shape index (κ3) is 4.53. The van der Waals surface area contributed by atoms with Gasteiger partial charge in [-0.05, 0) is 24.1 Å². The summed E-state index contributed by atoms with van der Waals surface area (Å²) < 4.78 is 13.0. The number of amides is 1. The predicted molar refractivity (Wildman–Crippen MR) is 66.0 cm³/mol. The van der Waals surface area contributed by atoms with Crippen LogP contribution in [0.3, 0.4) is 0 Å². The number of benzene rings is 1. The van der Waals surface area contributed by atoms with Crippen LogP contribution in [0.15, 0.2) is 24.3 Å². The van der Waals surface area contributed by atoms with Crippen molar-refractivity contribution in [3.8, 4) is 0 Å². The number of nitrogens with two attached hydrogens (primary N) is 1. The second-order valence-corrected chi connectivity index (χ2v) is 3.98. The summed E-state index contributed by atoms with van der Waals surface area (Å²) >= 11 is 0. The van der Waals surface area contributed by atoms with Gasteiger partial charge in [0.15, 0.2) is 0 Å². The quantitative estimate of drug-likeness (QED) is 0.817. The Morgan fingerprint density at radius 2 is 2.18 bits per heavy atom. The van der Waals surface area contributed by atoms with Crippen LogP contribution in [0.1, 0.15) is 18.9 Å². The maximum absolute atomic E-state index is 13.0. The van der Waals surface area contributed by atoms with Crippen LogP contribution in [-0.2, 0) is 11.2 Å². The predicted octanol–water partition coefficient (Wildman–Crippen LogP) is 1.57. The molecule has 17 heavy (non-hydrogen) atoms. The molecule has 1 aromatic rings. The Bertz CT molecular complexity index is 362. The van der Waals surface area contributed by atoms with Crippen molar-refractivity contribution in [1.29, 1.82) is 0 Å². The van der Waals surface area contributed by atoms with E-state index in [1.807, 2.05) is 6.92 Å². The summed E-state index contributed by atoms with van der Waals surface area (Å²) in [6, 6.07) is 6.14. The van der Waals surface area contributed by atoms with Gasteiger partial charge < -0.3 is 10.6 Å². The molecule has 1 amide bonds. The van der Waals surface area contributed by atoms with Gasteiger partial charge in [-0.1, -0.05) is 19.1 Å². The van der Waals surface area contributed by atoms with Gasteiger partial charge in [-0.2, -0.15) is 0 Å². The van der Waals surface area contributed by atoms with E-state index in [0.29, 0.717) is 25.2 Å². The minimum absolute atomic E-state index is 0.00269. The fourth-order valence-electron chi connectivity index (χ4n) is 1.72. The average Bonchev–Trinajstić information content (AvgIpc) is 2.28. The lowest BCUT2D eigenvalue weighted by Gasteiger charge is -2.21. The molecule has 0 spiro atoms. The smallest absolute Gasteiger partial charge is 0.227 e. The molecule has 1 aromatic carbocycles. The number of hydrogen-bond acceptors (Lipinski definition) is 2. The standard InChI is InChI=1S/C13H19FN2O/c1-2-7-16(8-6-15)13(17)10-11-4-3-5-12(14)9-11/h3-5,9H,2,6-8,10,15H2,1H3. The highest BCUT2D eigenvalue weighted by atomic mass is 19.1. The fraction of sp³-hybridized carbons (Fsp3) is 0.462. The second-order valence-electron chi connectivity index (χ2n) is 3.98. The number of carbonyl (C=O) groups excluding carboxylic acids is 1. The van der Waals surface area contributed by atoms with Crippen molar-refractivity contribution in [3.63, 3.8) is 0 Å². The lowest BCUT2D eigenvalue weighted by atomic mass is 10.1. The molecule has 0 bridgehead atoms. The zero-order chi connectivity index (χ0) is 12.7. The van der Waals surface area contributed by atoms with Crippen LogP contribution in [0.5, 0.6) is 0 Å². The van der Waals surface area contributed by atoms with Crippen LogP contribution in [-0.4, -0.2) is 30.4 Å². The average molecular weight is 238 g/mol. The lowest BCUT2D eigenvalue weighted by Crippen LogP contribution is -2.36. The zero-order valence-electron chi connectivity index (χ0n) is 10.2. The Morgan fingerprint density at radius 3 is 2.76 bits per heavy atom. The van der Waals surface area contributed by atoms with Crippen molar-refractivity contribution < 1.29 is 9.18 Å². The van der Waals surface area contributed by atoms with Crippen molar-refractivity contribution in [1.82, 2.24) is 4.90 Å². The number of nitrogens with zero attached hydrogens (tertiary/aromatic N) is 1. The molecule has 4 heteroatoms. The van der Waals surface area contributed by atoms with Crippen LogP contribution >= 0.6 is 0 Å². The third-order valence-corrected chi connectivity index (χ3v) is 2.49. The minimum Gasteiger partial charge on any atom is -0.341 e. The van der Waals surface area contributed by atoms with E-state index in [9.17, 15) is 9.18 Å². The maximum Gasteiger partial charge on any atom is 0.227 e. The molecule has 0 aliphatic heterocycles. The lowest BCUT2D eigenvalue weighted by molar-refractivity contribution is -0.130. The summed E-state index contributed by atoms with van der Waals surface area (Å²) in [5.41, 5.74) is 6.16. The Kier molecular flexibility index (Phi) is 5.63. The molecule has 0 saturated heterocycles. The first-order valence-corrected chi connectivity index (χ1v) is 5.89. The van der Waals surface area contributed by atoms with E-state index < -0.39 is 0 Å². The molecule has 0 aliphatic carbocycles. The van der Waals surface area contributed by atoms with E-state index in [1.54, 1.807) is 17.0 Å². The Labute approximate surface area is 101 Å². The molecular formula is C13H19FN2O. The number of carbonyl (C=O) groups is 1. The van der Waals surface area contributed by atoms with Gasteiger partial charge in [-0.3, -0.25) is 4.79 Å². The first-order valence-electron chi connectivity index (χ1n) is 5.89. The molecule has 0 heterocycles. The Morgan fingerprint density at radius 1 is 1.41 bits per heavy atom. The third-order valence-electron chi connectivity index (χ3n) is 2.49. The summed E-state index contributed by atoms with van der Waals surface area (Å²) in [6.07, 6.45) is 1.13. The van der Waals surface area contributed by atoms with Gasteiger partial charge in [-0.25, -0.2) is 4.39 Å². The molecular weight excluding hydrogens is 219 g/mol. The van der Waals surface area contributed by atoms with Crippen LogP contribution in [0.25, 0.3) is 0 Å². The van der Waals surface area contributed by atoms with Crippen LogP contribution < -0.4 is 5.73 Å². The molecule has 1 rings (SSSR count). The van der Waals surface area contributed by atoms with Crippen LogP contribution in [0, 0.1) is 5.82 Å². The summed E-state index contributed by atoms with van der Waals surface area (Å²) in [4.78, 5) is 13.7. The SMILES string of the molecule is CCCN(CCN)C(=O)Cc1cccc(F)c1. The highest BCUT2D eigenvalue weighted by molar-refractivity contribution is 5.78. The number of hydrogen-bond donors (Lipinski definition) is 1. The molecule has 0 radical (unpaired) electrons. The van der Waals surface area contributed by atoms with E-state index in [4.69, 9.17) is 5.73 Å². The molecule has 3 nitrogen and oxygen atoms in total. The zero-order valence-corrected chi connectivity index (χ0v) is 10.2. The molecule has 0 saturated carbocycles. The summed E-state index contributed by atoms with van der Waals surface area (Å²) in [5, 5.41) is 0. The van der Waals surface area contributed by atoms with Crippen LogP contribution in [0.2, 0.25) is 0 Å². The molecule has 0 unspecified atom stereocenters. The number of rotatable bonds is 6. The van der Waals surface area contributed by atoms with Gasteiger partial charge in [0, 0.05) is 19.6 Å². The van der Waals surface area contributed by atoms with E-state index >= 15 is 0 Å². The molecule has 2 N–H and O–H groups in total.